The van der Waals surface area contributed by atoms with E-state index in [-0.39, 0.29) is 0 Å². The lowest BCUT2D eigenvalue weighted by atomic mass is 9.87. The van der Waals surface area contributed by atoms with Gasteiger partial charge >= 0.3 is 6.18 Å². The Morgan fingerprint density at radius 2 is 1.89 bits per heavy atom. The van der Waals surface area contributed by atoms with Crippen LogP contribution in [0.1, 0.15) is 43.4 Å². The van der Waals surface area contributed by atoms with Crippen molar-refractivity contribution in [2.45, 2.75) is 39.3 Å². The summed E-state index contributed by atoms with van der Waals surface area (Å²) in [7, 11) is 0. The van der Waals surface area contributed by atoms with Gasteiger partial charge in [0.2, 0.25) is 0 Å². The van der Waals surface area contributed by atoms with Crippen molar-refractivity contribution in [1.82, 2.24) is 0 Å². The summed E-state index contributed by atoms with van der Waals surface area (Å²) in [6.45, 7) is 4.25. The van der Waals surface area contributed by atoms with Gasteiger partial charge in [0.25, 0.3) is 0 Å². The highest BCUT2D eigenvalue weighted by molar-refractivity contribution is 5.60. The van der Waals surface area contributed by atoms with Gasteiger partial charge in [-0.15, -0.1) is 0 Å². The van der Waals surface area contributed by atoms with Gasteiger partial charge in [-0.3, -0.25) is 0 Å². The first-order valence-electron chi connectivity index (χ1n) is 6.26. The number of alkyl halides is 3. The number of halogens is 3. The summed E-state index contributed by atoms with van der Waals surface area (Å²) in [6, 6.07) is 4.07. The van der Waals surface area contributed by atoms with Crippen LogP contribution in [0.4, 0.5) is 13.2 Å². The third kappa shape index (κ3) is 2.95. The van der Waals surface area contributed by atoms with E-state index >= 15 is 0 Å². The van der Waals surface area contributed by atoms with Crippen LogP contribution in [-0.4, -0.2) is 0 Å². The van der Waals surface area contributed by atoms with Gasteiger partial charge in [-0.2, -0.15) is 13.2 Å². The summed E-state index contributed by atoms with van der Waals surface area (Å²) in [5.41, 5.74) is 2.47. The van der Waals surface area contributed by atoms with Crippen LogP contribution in [-0.2, 0) is 12.6 Å². The van der Waals surface area contributed by atoms with Crippen LogP contribution in [0.3, 0.4) is 0 Å². The van der Waals surface area contributed by atoms with Gasteiger partial charge in [0.05, 0.1) is 5.56 Å². The van der Waals surface area contributed by atoms with E-state index in [2.05, 4.69) is 13.8 Å². The monoisotopic (exact) mass is 254 g/mol. The summed E-state index contributed by atoms with van der Waals surface area (Å²) in [4.78, 5) is 0. The molecule has 98 valence electrons. The van der Waals surface area contributed by atoms with Gasteiger partial charge in [-0.25, -0.2) is 0 Å². The number of hydrogen-bond donors (Lipinski definition) is 0. The van der Waals surface area contributed by atoms with E-state index in [4.69, 9.17) is 0 Å². The Labute approximate surface area is 106 Å². The third-order valence-corrected chi connectivity index (χ3v) is 3.22. The van der Waals surface area contributed by atoms with E-state index in [9.17, 15) is 13.2 Å². The number of fused-ring (bicyclic) bond motifs is 1. The molecule has 0 atom stereocenters. The van der Waals surface area contributed by atoms with E-state index < -0.39 is 11.7 Å². The molecule has 0 saturated heterocycles. The molecule has 0 N–H and O–H groups in total. The molecule has 0 nitrogen and oxygen atoms in total. The Kier molecular flexibility index (Phi) is 3.51. The van der Waals surface area contributed by atoms with Crippen LogP contribution in [0.25, 0.3) is 6.08 Å². The first kappa shape index (κ1) is 13.2. The smallest absolute Gasteiger partial charge is 0.166 e. The molecule has 0 bridgehead atoms. The van der Waals surface area contributed by atoms with Crippen molar-refractivity contribution in [3.05, 3.63) is 40.5 Å². The molecule has 0 heterocycles. The van der Waals surface area contributed by atoms with Gasteiger partial charge in [0.1, 0.15) is 0 Å². The van der Waals surface area contributed by atoms with E-state index in [0.29, 0.717) is 5.92 Å². The highest BCUT2D eigenvalue weighted by atomic mass is 19.4. The van der Waals surface area contributed by atoms with Crippen LogP contribution in [0.2, 0.25) is 0 Å². The predicted octanol–water partition coefficient (Wildman–Crippen LogP) is 5.08. The second-order valence-electron chi connectivity index (χ2n) is 5.31. The Morgan fingerprint density at radius 1 is 1.17 bits per heavy atom. The molecular formula is C15H17F3. The Morgan fingerprint density at radius 3 is 2.50 bits per heavy atom. The van der Waals surface area contributed by atoms with Gasteiger partial charge in [0, 0.05) is 0 Å². The molecule has 0 aliphatic heterocycles. The first-order valence-corrected chi connectivity index (χ1v) is 6.26. The zero-order chi connectivity index (χ0) is 13.3. The van der Waals surface area contributed by atoms with Crippen LogP contribution < -0.4 is 0 Å². The average molecular weight is 254 g/mol. The molecule has 0 amide bonds. The average Bonchev–Trinajstić information content (AvgIpc) is 2.26. The van der Waals surface area contributed by atoms with Crippen molar-refractivity contribution in [3.63, 3.8) is 0 Å². The number of rotatable bonds is 2. The zero-order valence-corrected chi connectivity index (χ0v) is 10.6. The minimum absolute atomic E-state index is 0.545. The van der Waals surface area contributed by atoms with Crippen molar-refractivity contribution in [2.24, 2.45) is 5.92 Å². The van der Waals surface area contributed by atoms with Crippen LogP contribution in [0, 0.1) is 5.92 Å². The zero-order valence-electron chi connectivity index (χ0n) is 10.6. The van der Waals surface area contributed by atoms with E-state index in [0.717, 1.165) is 30.4 Å². The fourth-order valence-corrected chi connectivity index (χ4v) is 2.41. The number of allylic oxidation sites excluding steroid dienone is 1. The fraction of sp³-hybridized carbons (Fsp3) is 0.467. The molecule has 0 aromatic heterocycles. The highest BCUT2D eigenvalue weighted by Crippen LogP contribution is 2.34. The molecule has 1 aromatic carbocycles. The number of benzene rings is 1. The van der Waals surface area contributed by atoms with Crippen molar-refractivity contribution >= 4 is 6.08 Å². The molecule has 18 heavy (non-hydrogen) atoms. The maximum Gasteiger partial charge on any atom is 0.416 e. The lowest BCUT2D eigenvalue weighted by Gasteiger charge is -2.19. The van der Waals surface area contributed by atoms with Crippen LogP contribution in [0.15, 0.2) is 23.8 Å². The highest BCUT2D eigenvalue weighted by Gasteiger charge is 2.31. The second-order valence-corrected chi connectivity index (χ2v) is 5.31. The molecule has 0 fully saturated rings. The standard InChI is InChI=1S/C15H17F3/c1-10(2)7-11-3-4-12-5-6-14(15(16,17)18)9-13(12)8-11/h5-6,8-10H,3-4,7H2,1-2H3. The number of aryl methyl sites for hydroxylation is 1. The van der Waals surface area contributed by atoms with E-state index in [1.807, 2.05) is 6.08 Å². The summed E-state index contributed by atoms with van der Waals surface area (Å²) in [5, 5.41) is 0. The lowest BCUT2D eigenvalue weighted by Crippen LogP contribution is -2.08. The SMILES string of the molecule is CC(C)CC1=Cc2cc(C(F)(F)F)ccc2CC1. The minimum Gasteiger partial charge on any atom is -0.166 e. The van der Waals surface area contributed by atoms with Crippen LogP contribution >= 0.6 is 0 Å². The summed E-state index contributed by atoms with van der Waals surface area (Å²) in [6.07, 6.45) is 0.477. The van der Waals surface area contributed by atoms with Crippen LogP contribution in [0.5, 0.6) is 0 Å². The topological polar surface area (TPSA) is 0 Å². The Bertz CT molecular complexity index is 467. The first-order chi connectivity index (χ1) is 8.36. The molecule has 0 radical (unpaired) electrons. The molecule has 1 aromatic rings. The summed E-state index contributed by atoms with van der Waals surface area (Å²) < 4.78 is 37.9. The second kappa shape index (κ2) is 4.79. The van der Waals surface area contributed by atoms with Crippen molar-refractivity contribution in [3.8, 4) is 0 Å². The molecule has 0 spiro atoms. The third-order valence-electron chi connectivity index (χ3n) is 3.22. The lowest BCUT2D eigenvalue weighted by molar-refractivity contribution is -0.137. The number of hydrogen-bond acceptors (Lipinski definition) is 0. The van der Waals surface area contributed by atoms with E-state index in [1.165, 1.54) is 17.7 Å². The Balaban J connectivity index is 2.33. The summed E-state index contributed by atoms with van der Waals surface area (Å²) >= 11 is 0. The molecule has 1 aliphatic rings. The van der Waals surface area contributed by atoms with Crippen molar-refractivity contribution in [1.29, 1.82) is 0 Å². The molecule has 2 rings (SSSR count). The molecule has 0 saturated carbocycles. The quantitative estimate of drug-likeness (QED) is 0.690. The summed E-state index contributed by atoms with van der Waals surface area (Å²) in [5.74, 6) is 0.545. The minimum atomic E-state index is -4.25. The van der Waals surface area contributed by atoms with Gasteiger partial charge in [-0.1, -0.05) is 31.6 Å². The van der Waals surface area contributed by atoms with Crippen molar-refractivity contribution < 1.29 is 13.2 Å². The molecule has 3 heteroatoms. The molecule has 1 aliphatic carbocycles. The van der Waals surface area contributed by atoms with Gasteiger partial charge < -0.3 is 0 Å². The predicted molar refractivity (Wildman–Crippen MR) is 67.2 cm³/mol. The Hall–Kier alpha value is -1.25. The largest absolute Gasteiger partial charge is 0.416 e. The van der Waals surface area contributed by atoms with Crippen molar-refractivity contribution in [2.75, 3.05) is 0 Å². The van der Waals surface area contributed by atoms with Gasteiger partial charge in [0.15, 0.2) is 0 Å². The normalized spacial score (nSPS) is 15.6. The van der Waals surface area contributed by atoms with E-state index in [1.54, 1.807) is 6.07 Å². The fourth-order valence-electron chi connectivity index (χ4n) is 2.41. The molecule has 0 unspecified atom stereocenters. The maximum absolute atomic E-state index is 12.6. The van der Waals surface area contributed by atoms with Gasteiger partial charge in [-0.05, 0) is 48.4 Å². The molecular weight excluding hydrogens is 237 g/mol. The maximum atomic E-state index is 12.6.